The summed E-state index contributed by atoms with van der Waals surface area (Å²) in [5.74, 6) is -1.77. The number of likely N-dealkylation sites (tertiary alicyclic amines) is 1. The first-order valence-electron chi connectivity index (χ1n) is 12.3. The lowest BCUT2D eigenvalue weighted by molar-refractivity contribution is -0.138. The highest BCUT2D eigenvalue weighted by Crippen LogP contribution is 2.46. The molecule has 2 heterocycles. The van der Waals surface area contributed by atoms with Crippen LogP contribution in [0.25, 0.3) is 0 Å². The van der Waals surface area contributed by atoms with Crippen molar-refractivity contribution in [3.8, 4) is 6.07 Å². The number of benzene rings is 1. The molecule has 1 fully saturated rings. The van der Waals surface area contributed by atoms with Crippen molar-refractivity contribution in [1.29, 1.82) is 5.26 Å². The van der Waals surface area contributed by atoms with Crippen molar-refractivity contribution < 1.29 is 27.6 Å². The van der Waals surface area contributed by atoms with Gasteiger partial charge in [-0.1, -0.05) is 50.3 Å². The quantitative estimate of drug-likeness (QED) is 0.468. The number of carbonyl (C=O) groups excluding carboxylic acids is 3. The van der Waals surface area contributed by atoms with Gasteiger partial charge in [-0.2, -0.15) is 18.4 Å². The Morgan fingerprint density at radius 1 is 1.38 bits per heavy atom. The predicted molar refractivity (Wildman–Crippen MR) is 140 cm³/mol. The van der Waals surface area contributed by atoms with E-state index >= 15 is 0 Å². The highest BCUT2D eigenvalue weighted by molar-refractivity contribution is 6.31. The second-order valence-electron chi connectivity index (χ2n) is 10.2. The molecule has 208 valence electrons. The van der Waals surface area contributed by atoms with Crippen LogP contribution in [-0.2, 0) is 15.8 Å². The molecule has 1 aromatic rings. The van der Waals surface area contributed by atoms with Gasteiger partial charge in [0.1, 0.15) is 12.1 Å². The fourth-order valence-corrected chi connectivity index (χ4v) is 5.41. The van der Waals surface area contributed by atoms with Gasteiger partial charge < -0.3 is 15.1 Å². The van der Waals surface area contributed by atoms with E-state index < -0.39 is 46.1 Å². The van der Waals surface area contributed by atoms with Crippen molar-refractivity contribution in [1.82, 2.24) is 15.1 Å². The van der Waals surface area contributed by atoms with Gasteiger partial charge in [0.15, 0.2) is 0 Å². The first-order chi connectivity index (χ1) is 18.2. The maximum absolute atomic E-state index is 14.0. The third kappa shape index (κ3) is 5.74. The Balaban J connectivity index is 1.98. The van der Waals surface area contributed by atoms with E-state index in [-0.39, 0.29) is 36.8 Å². The molecule has 3 amide bonds. The first-order valence-corrected chi connectivity index (χ1v) is 12.7. The molecule has 0 radical (unpaired) electrons. The molecule has 0 aromatic heterocycles. The molecule has 0 saturated carbocycles. The smallest absolute Gasteiger partial charge is 0.330 e. The molecule has 0 aliphatic carbocycles. The van der Waals surface area contributed by atoms with Crippen LogP contribution in [0.15, 0.2) is 54.3 Å². The summed E-state index contributed by atoms with van der Waals surface area (Å²) >= 11 is 5.71. The summed E-state index contributed by atoms with van der Waals surface area (Å²) in [6.45, 7) is 8.98. The Morgan fingerprint density at radius 2 is 2.05 bits per heavy atom. The Bertz CT molecular complexity index is 1300. The zero-order chi connectivity index (χ0) is 29.3. The largest absolute Gasteiger partial charge is 0.417 e. The van der Waals surface area contributed by atoms with Crippen molar-refractivity contribution in [2.45, 2.75) is 51.9 Å². The van der Waals surface area contributed by atoms with E-state index in [1.807, 2.05) is 13.8 Å². The van der Waals surface area contributed by atoms with Crippen LogP contribution in [-0.4, -0.2) is 53.2 Å². The highest BCUT2D eigenvalue weighted by Gasteiger charge is 2.56. The monoisotopic (exact) mass is 562 g/mol. The van der Waals surface area contributed by atoms with E-state index in [0.717, 1.165) is 11.0 Å². The Morgan fingerprint density at radius 3 is 2.62 bits per heavy atom. The molecule has 0 unspecified atom stereocenters. The maximum atomic E-state index is 14.0. The molecule has 39 heavy (non-hydrogen) atoms. The van der Waals surface area contributed by atoms with Crippen LogP contribution in [0.2, 0.25) is 5.02 Å². The Hall–Kier alpha value is -3.58. The summed E-state index contributed by atoms with van der Waals surface area (Å²) in [6, 6.07) is 2.90. The Kier molecular flexibility index (Phi) is 8.66. The third-order valence-corrected chi connectivity index (χ3v) is 7.46. The van der Waals surface area contributed by atoms with Gasteiger partial charge in [0.25, 0.3) is 5.91 Å². The summed E-state index contributed by atoms with van der Waals surface area (Å²) in [5.41, 5.74) is -1.33. The van der Waals surface area contributed by atoms with Gasteiger partial charge in [-0.25, -0.2) is 0 Å². The Labute approximate surface area is 230 Å². The van der Waals surface area contributed by atoms with Crippen molar-refractivity contribution in [2.75, 3.05) is 13.6 Å². The lowest BCUT2D eigenvalue weighted by atomic mass is 9.78. The number of halogens is 4. The summed E-state index contributed by atoms with van der Waals surface area (Å²) < 4.78 is 40.2. The number of nitriles is 1. The van der Waals surface area contributed by atoms with Gasteiger partial charge in [0, 0.05) is 31.3 Å². The minimum Gasteiger partial charge on any atom is -0.330 e. The van der Waals surface area contributed by atoms with Gasteiger partial charge in [0.2, 0.25) is 11.8 Å². The van der Waals surface area contributed by atoms with Crippen molar-refractivity contribution in [3.05, 3.63) is 70.4 Å². The normalized spacial score (nSPS) is 22.0. The molecule has 2 aliphatic heterocycles. The van der Waals surface area contributed by atoms with Gasteiger partial charge in [-0.15, -0.1) is 0 Å². The number of allylic oxidation sites excluding steroid dienone is 4. The van der Waals surface area contributed by atoms with E-state index in [2.05, 4.69) is 18.0 Å². The highest BCUT2D eigenvalue weighted by atomic mass is 35.5. The van der Waals surface area contributed by atoms with Crippen LogP contribution in [0.5, 0.6) is 0 Å². The number of nitrogens with one attached hydrogen (secondary N) is 1. The number of rotatable bonds is 7. The van der Waals surface area contributed by atoms with E-state index in [0.29, 0.717) is 17.3 Å². The molecule has 11 heteroatoms. The molecular formula is C28H30ClF3N4O3. The van der Waals surface area contributed by atoms with Crippen LogP contribution < -0.4 is 5.32 Å². The zero-order valence-electron chi connectivity index (χ0n) is 22.1. The summed E-state index contributed by atoms with van der Waals surface area (Å²) in [5, 5.41) is 12.2. The van der Waals surface area contributed by atoms with Gasteiger partial charge in [-0.05, 0) is 43.0 Å². The van der Waals surface area contributed by atoms with Crippen LogP contribution in [0.3, 0.4) is 0 Å². The molecule has 1 aromatic carbocycles. The van der Waals surface area contributed by atoms with Crippen LogP contribution in [0, 0.1) is 22.7 Å². The predicted octanol–water partition coefficient (Wildman–Crippen LogP) is 5.10. The summed E-state index contributed by atoms with van der Waals surface area (Å²) in [4.78, 5) is 42.8. The second-order valence-corrected chi connectivity index (χ2v) is 10.6. The van der Waals surface area contributed by atoms with Crippen molar-refractivity contribution in [3.63, 3.8) is 0 Å². The lowest BCUT2D eigenvalue weighted by Gasteiger charge is -2.33. The summed E-state index contributed by atoms with van der Waals surface area (Å²) in [6.07, 6.45) is 0.426. The average molecular weight is 563 g/mol. The number of hydrogen-bond donors (Lipinski definition) is 1. The van der Waals surface area contributed by atoms with Gasteiger partial charge in [0.05, 0.1) is 22.1 Å². The summed E-state index contributed by atoms with van der Waals surface area (Å²) in [7, 11) is 1.34. The van der Waals surface area contributed by atoms with E-state index in [4.69, 9.17) is 11.6 Å². The average Bonchev–Trinajstić information content (AvgIpc) is 3.36. The minimum absolute atomic E-state index is 0.0629. The molecule has 1 saturated heterocycles. The molecular weight excluding hydrogens is 533 g/mol. The number of likely N-dealkylation sites (N-methyl/N-ethyl adjacent to an activating group) is 1. The van der Waals surface area contributed by atoms with E-state index in [9.17, 15) is 32.8 Å². The topological polar surface area (TPSA) is 93.5 Å². The minimum atomic E-state index is -4.77. The van der Waals surface area contributed by atoms with Gasteiger partial charge >= 0.3 is 6.18 Å². The molecule has 3 rings (SSSR count). The molecule has 7 nitrogen and oxygen atoms in total. The van der Waals surface area contributed by atoms with E-state index in [1.54, 1.807) is 25.2 Å². The molecule has 1 spiro atoms. The number of hydrogen-bond acceptors (Lipinski definition) is 4. The van der Waals surface area contributed by atoms with Crippen LogP contribution in [0.4, 0.5) is 13.2 Å². The molecule has 1 N–H and O–H groups in total. The molecule has 2 aliphatic rings. The first kappa shape index (κ1) is 30.0. The number of nitrogens with zero attached hydrogens (tertiary/aromatic N) is 3. The lowest BCUT2D eigenvalue weighted by Crippen LogP contribution is -2.51. The molecule has 0 bridgehead atoms. The van der Waals surface area contributed by atoms with Crippen molar-refractivity contribution in [2.24, 2.45) is 11.3 Å². The number of carbonyl (C=O) groups is 3. The fourth-order valence-electron chi connectivity index (χ4n) is 5.18. The third-order valence-electron chi connectivity index (χ3n) is 7.13. The molecule has 3 atom stereocenters. The maximum Gasteiger partial charge on any atom is 0.417 e. The van der Waals surface area contributed by atoms with Crippen LogP contribution >= 0.6 is 11.6 Å². The number of amides is 3. The fraction of sp³-hybridized carbons (Fsp3) is 0.429. The zero-order valence-corrected chi connectivity index (χ0v) is 22.9. The van der Waals surface area contributed by atoms with E-state index in [1.165, 1.54) is 18.0 Å². The van der Waals surface area contributed by atoms with Crippen LogP contribution in [0.1, 0.15) is 49.5 Å². The standard InChI is InChI=1S/C28H30ClF3N4O3/c1-6-7-8-20-17(4)34-26(39)27(20)13-19(14-33)36(15-27)25(38)23(11-16(2)3)35(5)24(37)18-9-10-22(29)21(12-18)28(30,31)32/h6-10,12,16,19,23H,1,11,13,15H2,2-5H3,(H,34,39)/b8-7-/t19-,23-,27-/m0/s1. The SMILES string of the molecule is C=C/C=C\C1=C(C)NC(=O)[C@]12C[C@@H](C#N)N(C(=O)[C@H](CC(C)C)N(C)C(=O)c1ccc(Cl)c(C(F)(F)F)c1)C2. The number of alkyl halides is 3. The van der Waals surface area contributed by atoms with Gasteiger partial charge in [-0.3, -0.25) is 14.4 Å². The second kappa shape index (κ2) is 11.3. The van der Waals surface area contributed by atoms with Crippen molar-refractivity contribution >= 4 is 29.3 Å².